The van der Waals surface area contributed by atoms with E-state index in [9.17, 15) is 5.11 Å². The second-order valence-electron chi connectivity index (χ2n) is 5.57. The van der Waals surface area contributed by atoms with Crippen molar-refractivity contribution in [3.8, 4) is 0 Å². The predicted octanol–water partition coefficient (Wildman–Crippen LogP) is 4.23. The third kappa shape index (κ3) is 5.64. The largest absolute Gasteiger partial charge is 0.387 e. The van der Waals surface area contributed by atoms with Gasteiger partial charge in [0.05, 0.1) is 6.10 Å². The summed E-state index contributed by atoms with van der Waals surface area (Å²) in [4.78, 5) is 0. The highest BCUT2D eigenvalue weighted by molar-refractivity contribution is 5.25. The fourth-order valence-electron chi connectivity index (χ4n) is 2.61. The Kier molecular flexibility index (Phi) is 8.56. The third-order valence-corrected chi connectivity index (χ3v) is 3.93. The zero-order chi connectivity index (χ0) is 14.8. The Morgan fingerprint density at radius 2 is 1.70 bits per heavy atom. The molecule has 0 aliphatic carbocycles. The van der Waals surface area contributed by atoms with Crippen LogP contribution in [0.4, 0.5) is 0 Å². The Balaban J connectivity index is 2.52. The summed E-state index contributed by atoms with van der Waals surface area (Å²) in [6.07, 6.45) is 6.89. The normalized spacial score (nSPS) is 14.2. The minimum atomic E-state index is -0.408. The molecule has 0 saturated heterocycles. The van der Waals surface area contributed by atoms with E-state index in [2.05, 4.69) is 50.4 Å². The molecule has 0 heterocycles. The van der Waals surface area contributed by atoms with E-state index in [0.29, 0.717) is 0 Å². The van der Waals surface area contributed by atoms with Crippen molar-refractivity contribution >= 4 is 0 Å². The summed E-state index contributed by atoms with van der Waals surface area (Å²) in [5, 5.41) is 13.7. The molecule has 1 aromatic carbocycles. The van der Waals surface area contributed by atoms with Gasteiger partial charge in [-0.15, -0.1) is 0 Å². The molecule has 0 amide bonds. The maximum Gasteiger partial charge on any atom is 0.0942 e. The molecule has 20 heavy (non-hydrogen) atoms. The topological polar surface area (TPSA) is 32.3 Å². The Morgan fingerprint density at radius 3 is 2.25 bits per heavy atom. The van der Waals surface area contributed by atoms with Crippen LogP contribution in [0.2, 0.25) is 0 Å². The maximum atomic E-state index is 10.4. The number of likely N-dealkylation sites (N-methyl/N-ethyl adjacent to an activating group) is 1. The Morgan fingerprint density at radius 1 is 1.00 bits per heavy atom. The van der Waals surface area contributed by atoms with Gasteiger partial charge in [0.25, 0.3) is 0 Å². The molecule has 0 aliphatic heterocycles. The first-order valence-corrected chi connectivity index (χ1v) is 8.23. The molecule has 2 unspecified atom stereocenters. The molecule has 2 atom stereocenters. The van der Waals surface area contributed by atoms with Crippen LogP contribution in [-0.2, 0) is 6.42 Å². The van der Waals surface area contributed by atoms with Crippen molar-refractivity contribution in [3.05, 3.63) is 35.4 Å². The lowest BCUT2D eigenvalue weighted by molar-refractivity contribution is 0.127. The number of hydrogen-bond donors (Lipinski definition) is 2. The lowest BCUT2D eigenvalue weighted by Crippen LogP contribution is -2.34. The van der Waals surface area contributed by atoms with Gasteiger partial charge in [-0.1, -0.05) is 64.3 Å². The fourth-order valence-corrected chi connectivity index (χ4v) is 2.61. The number of rotatable bonds is 10. The number of benzene rings is 1. The summed E-state index contributed by atoms with van der Waals surface area (Å²) in [6, 6.07) is 8.65. The standard InChI is InChI=1S/C18H31NO/c1-4-7-8-9-10-15-11-13-16(14-12-15)18(20)17(5-2)19-6-3/h11-14,17-20H,4-10H2,1-3H3. The minimum Gasteiger partial charge on any atom is -0.387 e. The van der Waals surface area contributed by atoms with Gasteiger partial charge in [-0.05, 0) is 36.9 Å². The number of aliphatic hydroxyl groups is 1. The summed E-state index contributed by atoms with van der Waals surface area (Å²) in [6.45, 7) is 7.32. The van der Waals surface area contributed by atoms with Crippen LogP contribution in [0.1, 0.15) is 70.1 Å². The van der Waals surface area contributed by atoms with Crippen molar-refractivity contribution in [1.82, 2.24) is 5.32 Å². The van der Waals surface area contributed by atoms with Gasteiger partial charge < -0.3 is 10.4 Å². The van der Waals surface area contributed by atoms with Crippen LogP contribution >= 0.6 is 0 Å². The number of aryl methyl sites for hydroxylation is 1. The molecular weight excluding hydrogens is 246 g/mol. The van der Waals surface area contributed by atoms with E-state index in [-0.39, 0.29) is 6.04 Å². The number of unbranched alkanes of at least 4 members (excludes halogenated alkanes) is 3. The molecule has 2 nitrogen and oxygen atoms in total. The van der Waals surface area contributed by atoms with Crippen molar-refractivity contribution in [2.24, 2.45) is 0 Å². The summed E-state index contributed by atoms with van der Waals surface area (Å²) in [5.74, 6) is 0. The average molecular weight is 277 g/mol. The van der Waals surface area contributed by atoms with E-state index in [4.69, 9.17) is 0 Å². The zero-order valence-corrected chi connectivity index (χ0v) is 13.4. The highest BCUT2D eigenvalue weighted by Crippen LogP contribution is 2.20. The second-order valence-corrected chi connectivity index (χ2v) is 5.57. The van der Waals surface area contributed by atoms with Gasteiger partial charge in [0.15, 0.2) is 0 Å². The molecule has 0 aromatic heterocycles. The molecule has 114 valence electrons. The van der Waals surface area contributed by atoms with Crippen molar-refractivity contribution < 1.29 is 5.11 Å². The fraction of sp³-hybridized carbons (Fsp3) is 0.667. The molecular formula is C18H31NO. The van der Waals surface area contributed by atoms with Crippen LogP contribution < -0.4 is 5.32 Å². The first-order valence-electron chi connectivity index (χ1n) is 8.23. The third-order valence-electron chi connectivity index (χ3n) is 3.93. The van der Waals surface area contributed by atoms with Gasteiger partial charge in [0, 0.05) is 6.04 Å². The predicted molar refractivity (Wildman–Crippen MR) is 87.0 cm³/mol. The quantitative estimate of drug-likeness (QED) is 0.627. The molecule has 1 aromatic rings. The minimum absolute atomic E-state index is 0.149. The lowest BCUT2D eigenvalue weighted by atomic mass is 9.98. The molecule has 0 fully saturated rings. The summed E-state index contributed by atoms with van der Waals surface area (Å²) < 4.78 is 0. The smallest absolute Gasteiger partial charge is 0.0942 e. The van der Waals surface area contributed by atoms with Crippen LogP contribution in [0, 0.1) is 0 Å². The first-order chi connectivity index (χ1) is 9.72. The van der Waals surface area contributed by atoms with Gasteiger partial charge >= 0.3 is 0 Å². The van der Waals surface area contributed by atoms with Gasteiger partial charge in [-0.25, -0.2) is 0 Å². The number of nitrogens with one attached hydrogen (secondary N) is 1. The van der Waals surface area contributed by atoms with Crippen LogP contribution in [0.25, 0.3) is 0 Å². The summed E-state index contributed by atoms with van der Waals surface area (Å²) >= 11 is 0. The van der Waals surface area contributed by atoms with E-state index >= 15 is 0 Å². The molecule has 0 radical (unpaired) electrons. The molecule has 1 rings (SSSR count). The molecule has 2 N–H and O–H groups in total. The molecule has 0 saturated carbocycles. The monoisotopic (exact) mass is 277 g/mol. The van der Waals surface area contributed by atoms with Gasteiger partial charge in [-0.2, -0.15) is 0 Å². The summed E-state index contributed by atoms with van der Waals surface area (Å²) in [5.41, 5.74) is 2.41. The van der Waals surface area contributed by atoms with E-state index in [1.165, 1.54) is 31.2 Å². The molecule has 0 aliphatic rings. The first kappa shape index (κ1) is 17.2. The van der Waals surface area contributed by atoms with E-state index in [0.717, 1.165) is 24.9 Å². The highest BCUT2D eigenvalue weighted by atomic mass is 16.3. The molecule has 2 heteroatoms. The number of aliphatic hydroxyl groups excluding tert-OH is 1. The second kappa shape index (κ2) is 9.95. The zero-order valence-electron chi connectivity index (χ0n) is 13.4. The van der Waals surface area contributed by atoms with Crippen molar-refractivity contribution in [2.45, 2.75) is 71.4 Å². The van der Waals surface area contributed by atoms with Crippen LogP contribution in [-0.4, -0.2) is 17.7 Å². The van der Waals surface area contributed by atoms with Gasteiger partial charge in [-0.3, -0.25) is 0 Å². The highest BCUT2D eigenvalue weighted by Gasteiger charge is 2.17. The van der Waals surface area contributed by atoms with E-state index in [1.54, 1.807) is 0 Å². The van der Waals surface area contributed by atoms with Crippen LogP contribution in [0.5, 0.6) is 0 Å². The SMILES string of the molecule is CCCCCCc1ccc(C(O)C(CC)NCC)cc1. The number of hydrogen-bond acceptors (Lipinski definition) is 2. The van der Waals surface area contributed by atoms with Gasteiger partial charge in [0.1, 0.15) is 0 Å². The molecule has 0 spiro atoms. The Bertz CT molecular complexity index is 347. The van der Waals surface area contributed by atoms with Gasteiger partial charge in [0.2, 0.25) is 0 Å². The van der Waals surface area contributed by atoms with Crippen molar-refractivity contribution in [1.29, 1.82) is 0 Å². The van der Waals surface area contributed by atoms with Crippen molar-refractivity contribution in [3.63, 3.8) is 0 Å². The summed E-state index contributed by atoms with van der Waals surface area (Å²) in [7, 11) is 0. The van der Waals surface area contributed by atoms with E-state index < -0.39 is 6.10 Å². The van der Waals surface area contributed by atoms with Crippen LogP contribution in [0.3, 0.4) is 0 Å². The molecule has 0 bridgehead atoms. The Hall–Kier alpha value is -0.860. The maximum absolute atomic E-state index is 10.4. The van der Waals surface area contributed by atoms with Crippen LogP contribution in [0.15, 0.2) is 24.3 Å². The van der Waals surface area contributed by atoms with Crippen molar-refractivity contribution in [2.75, 3.05) is 6.54 Å². The average Bonchev–Trinajstić information content (AvgIpc) is 2.49. The van der Waals surface area contributed by atoms with E-state index in [1.807, 2.05) is 0 Å². The lowest BCUT2D eigenvalue weighted by Gasteiger charge is -2.22. The Labute approximate surface area is 124 Å².